The third kappa shape index (κ3) is 4.11. The van der Waals surface area contributed by atoms with Crippen molar-refractivity contribution in [3.05, 3.63) is 71.5 Å². The van der Waals surface area contributed by atoms with Crippen LogP contribution < -0.4 is 16.8 Å². The van der Waals surface area contributed by atoms with Crippen molar-refractivity contribution in [1.82, 2.24) is 15.1 Å². The molecule has 0 aliphatic heterocycles. The molecule has 1 aromatic carbocycles. The van der Waals surface area contributed by atoms with Crippen molar-refractivity contribution in [2.45, 2.75) is 6.54 Å². The van der Waals surface area contributed by atoms with Gasteiger partial charge in [0.25, 0.3) is 0 Å². The molecule has 0 saturated carbocycles. The standard InChI is InChI=1S/C18H17F2N7O/c1-23-15-9-25-18(26-17(15)22)12(21)7-14(13-5-6-28-27-13)24-8-10-3-2-4-11(19)16(10)20/h2-7,9,23H,8,21H2,1H3,(H2,22,25,26)/b12-7-,24-14?. The summed E-state index contributed by atoms with van der Waals surface area (Å²) in [6.45, 7) is -0.128. The molecule has 8 nitrogen and oxygen atoms in total. The highest BCUT2D eigenvalue weighted by molar-refractivity contribution is 6.10. The molecule has 0 amide bonds. The smallest absolute Gasteiger partial charge is 0.177 e. The van der Waals surface area contributed by atoms with Crippen LogP contribution in [-0.4, -0.2) is 27.9 Å². The fraction of sp³-hybridized carbons (Fsp3) is 0.111. The molecule has 2 aromatic heterocycles. The Kier molecular flexibility index (Phi) is 5.58. The monoisotopic (exact) mass is 385 g/mol. The van der Waals surface area contributed by atoms with E-state index in [4.69, 9.17) is 16.0 Å². The number of anilines is 2. The van der Waals surface area contributed by atoms with E-state index in [1.165, 1.54) is 30.7 Å². The highest BCUT2D eigenvalue weighted by atomic mass is 19.2. The fourth-order valence-electron chi connectivity index (χ4n) is 2.32. The number of aliphatic imine (C=N–C) groups is 1. The van der Waals surface area contributed by atoms with E-state index in [0.29, 0.717) is 11.4 Å². The van der Waals surface area contributed by atoms with Gasteiger partial charge in [-0.25, -0.2) is 18.7 Å². The first-order valence-corrected chi connectivity index (χ1v) is 8.15. The van der Waals surface area contributed by atoms with Crippen molar-refractivity contribution in [2.24, 2.45) is 10.7 Å². The van der Waals surface area contributed by atoms with E-state index in [0.717, 1.165) is 6.07 Å². The lowest BCUT2D eigenvalue weighted by Crippen LogP contribution is -2.10. The quantitative estimate of drug-likeness (QED) is 0.556. The lowest BCUT2D eigenvalue weighted by atomic mass is 10.2. The molecule has 144 valence electrons. The van der Waals surface area contributed by atoms with Gasteiger partial charge >= 0.3 is 0 Å². The molecule has 0 unspecified atom stereocenters. The number of aromatic nitrogens is 3. The first kappa shape index (κ1) is 19.0. The number of nitrogens with two attached hydrogens (primary N) is 2. The van der Waals surface area contributed by atoms with Gasteiger partial charge in [0.05, 0.1) is 29.8 Å². The molecular formula is C18H17F2N7O. The number of halogens is 2. The van der Waals surface area contributed by atoms with Crippen LogP contribution in [0.5, 0.6) is 0 Å². The number of hydrogen-bond acceptors (Lipinski definition) is 8. The highest BCUT2D eigenvalue weighted by Crippen LogP contribution is 2.17. The Bertz CT molecular complexity index is 1030. The molecule has 0 fully saturated rings. The van der Waals surface area contributed by atoms with Crippen molar-refractivity contribution >= 4 is 22.9 Å². The van der Waals surface area contributed by atoms with Crippen LogP contribution in [0.3, 0.4) is 0 Å². The Morgan fingerprint density at radius 2 is 2.14 bits per heavy atom. The second-order valence-corrected chi connectivity index (χ2v) is 5.64. The normalized spacial score (nSPS) is 12.2. The SMILES string of the molecule is CNc1cnc(/C(N)=C/C(=NCc2cccc(F)c2F)c2ccon2)nc1N. The first-order valence-electron chi connectivity index (χ1n) is 8.15. The van der Waals surface area contributed by atoms with Gasteiger partial charge in [-0.15, -0.1) is 0 Å². The summed E-state index contributed by atoms with van der Waals surface area (Å²) in [4.78, 5) is 12.6. The minimum atomic E-state index is -0.957. The Balaban J connectivity index is 1.95. The zero-order valence-corrected chi connectivity index (χ0v) is 14.9. The molecule has 0 aliphatic carbocycles. The van der Waals surface area contributed by atoms with Crippen LogP contribution in [0.1, 0.15) is 17.1 Å². The molecule has 0 radical (unpaired) electrons. The summed E-state index contributed by atoms with van der Waals surface area (Å²) in [5, 5.41) is 6.66. The van der Waals surface area contributed by atoms with Gasteiger partial charge < -0.3 is 21.3 Å². The molecule has 3 aromatic rings. The van der Waals surface area contributed by atoms with Crippen LogP contribution in [0.25, 0.3) is 5.70 Å². The number of nitrogens with zero attached hydrogens (tertiary/aromatic N) is 4. The Hall–Kier alpha value is -3.82. The van der Waals surface area contributed by atoms with E-state index >= 15 is 0 Å². The van der Waals surface area contributed by atoms with Gasteiger partial charge in [-0.05, 0) is 12.1 Å². The van der Waals surface area contributed by atoms with E-state index in [-0.39, 0.29) is 35.2 Å². The Morgan fingerprint density at radius 3 is 2.82 bits per heavy atom. The third-order valence-corrected chi connectivity index (χ3v) is 3.79. The van der Waals surface area contributed by atoms with Gasteiger partial charge in [-0.2, -0.15) is 0 Å². The summed E-state index contributed by atoms with van der Waals surface area (Å²) in [5.74, 6) is -1.49. The molecule has 0 spiro atoms. The molecule has 28 heavy (non-hydrogen) atoms. The predicted molar refractivity (Wildman–Crippen MR) is 101 cm³/mol. The maximum Gasteiger partial charge on any atom is 0.177 e. The molecule has 0 atom stereocenters. The van der Waals surface area contributed by atoms with E-state index < -0.39 is 11.6 Å². The topological polar surface area (TPSA) is 128 Å². The summed E-state index contributed by atoms with van der Waals surface area (Å²) in [7, 11) is 1.69. The summed E-state index contributed by atoms with van der Waals surface area (Å²) < 4.78 is 32.1. The molecule has 5 N–H and O–H groups in total. The third-order valence-electron chi connectivity index (χ3n) is 3.79. The minimum Gasteiger partial charge on any atom is -0.396 e. The number of benzene rings is 1. The van der Waals surface area contributed by atoms with E-state index in [9.17, 15) is 8.78 Å². The van der Waals surface area contributed by atoms with E-state index in [1.54, 1.807) is 13.1 Å². The van der Waals surface area contributed by atoms with Gasteiger partial charge in [0, 0.05) is 18.7 Å². The summed E-state index contributed by atoms with van der Waals surface area (Å²) in [6.07, 6.45) is 4.31. The van der Waals surface area contributed by atoms with Gasteiger partial charge in [-0.3, -0.25) is 4.99 Å². The zero-order chi connectivity index (χ0) is 20.1. The predicted octanol–water partition coefficient (Wildman–Crippen LogP) is 2.36. The van der Waals surface area contributed by atoms with Crippen LogP contribution >= 0.6 is 0 Å². The lowest BCUT2D eigenvalue weighted by molar-refractivity contribution is 0.418. The van der Waals surface area contributed by atoms with Gasteiger partial charge in [0.1, 0.15) is 12.0 Å². The van der Waals surface area contributed by atoms with Gasteiger partial charge in [0.15, 0.2) is 23.3 Å². The maximum atomic E-state index is 13.9. The van der Waals surface area contributed by atoms with E-state index in [2.05, 4.69) is 25.4 Å². The van der Waals surface area contributed by atoms with Gasteiger partial charge in [0.2, 0.25) is 0 Å². The maximum absolute atomic E-state index is 13.9. The summed E-state index contributed by atoms with van der Waals surface area (Å²) >= 11 is 0. The highest BCUT2D eigenvalue weighted by Gasteiger charge is 2.11. The number of nitrogen functional groups attached to an aromatic ring is 1. The summed E-state index contributed by atoms with van der Waals surface area (Å²) in [6, 6.07) is 5.44. The van der Waals surface area contributed by atoms with Crippen LogP contribution in [-0.2, 0) is 6.54 Å². The number of hydrogen-bond donors (Lipinski definition) is 3. The average molecular weight is 385 g/mol. The fourth-order valence-corrected chi connectivity index (χ4v) is 2.32. The largest absolute Gasteiger partial charge is 0.396 e. The van der Waals surface area contributed by atoms with Gasteiger partial charge in [-0.1, -0.05) is 17.3 Å². The Morgan fingerprint density at radius 1 is 1.32 bits per heavy atom. The second kappa shape index (κ2) is 8.25. The van der Waals surface area contributed by atoms with Crippen LogP contribution in [0.4, 0.5) is 20.3 Å². The van der Waals surface area contributed by atoms with Crippen molar-refractivity contribution in [2.75, 3.05) is 18.1 Å². The second-order valence-electron chi connectivity index (χ2n) is 5.64. The zero-order valence-electron chi connectivity index (χ0n) is 14.9. The van der Waals surface area contributed by atoms with Crippen molar-refractivity contribution in [3.8, 4) is 0 Å². The van der Waals surface area contributed by atoms with Crippen molar-refractivity contribution in [1.29, 1.82) is 0 Å². The van der Waals surface area contributed by atoms with Crippen molar-refractivity contribution in [3.63, 3.8) is 0 Å². The number of rotatable bonds is 6. The molecule has 0 aliphatic rings. The van der Waals surface area contributed by atoms with Crippen molar-refractivity contribution < 1.29 is 13.3 Å². The molecule has 0 bridgehead atoms. The molecular weight excluding hydrogens is 368 g/mol. The first-order chi connectivity index (χ1) is 13.5. The molecule has 2 heterocycles. The van der Waals surface area contributed by atoms with Crippen LogP contribution in [0.2, 0.25) is 0 Å². The van der Waals surface area contributed by atoms with Crippen LogP contribution in [0, 0.1) is 11.6 Å². The molecule has 10 heteroatoms. The molecule has 0 saturated heterocycles. The van der Waals surface area contributed by atoms with Crippen LogP contribution in [0.15, 0.2) is 52.3 Å². The number of allylic oxidation sites excluding steroid dienone is 1. The summed E-state index contributed by atoms with van der Waals surface area (Å²) in [5.41, 5.74) is 13.4. The Labute approximate surface area is 159 Å². The number of nitrogens with one attached hydrogen (secondary N) is 1. The van der Waals surface area contributed by atoms with E-state index in [1.807, 2.05) is 0 Å². The average Bonchev–Trinajstić information content (AvgIpc) is 3.22. The minimum absolute atomic E-state index is 0.0897. The molecule has 3 rings (SSSR count). The lowest BCUT2D eigenvalue weighted by Gasteiger charge is -2.07.